The van der Waals surface area contributed by atoms with Gasteiger partial charge in [0, 0.05) is 12.6 Å². The molecular weight excluding hydrogens is 311 g/mol. The van der Waals surface area contributed by atoms with E-state index in [-0.39, 0.29) is 5.82 Å². The van der Waals surface area contributed by atoms with Crippen LogP contribution >= 0.6 is 0 Å². The van der Waals surface area contributed by atoms with E-state index in [0.29, 0.717) is 29.2 Å². The highest BCUT2D eigenvalue weighted by Gasteiger charge is 2.33. The van der Waals surface area contributed by atoms with Crippen molar-refractivity contribution < 1.29 is 19.0 Å². The van der Waals surface area contributed by atoms with E-state index in [0.717, 1.165) is 17.4 Å². The maximum Gasteiger partial charge on any atom is 0.180 e. The van der Waals surface area contributed by atoms with E-state index < -0.39 is 12.2 Å². The fraction of sp³-hybridized carbons (Fsp3) is 0.222. The zero-order valence-corrected chi connectivity index (χ0v) is 12.9. The Labute approximate surface area is 137 Å². The Morgan fingerprint density at radius 1 is 1.42 bits per heavy atom. The smallest absolute Gasteiger partial charge is 0.180 e. The van der Waals surface area contributed by atoms with E-state index in [2.05, 4.69) is 4.98 Å². The number of aliphatic hydroxyl groups excluding tert-OH is 1. The van der Waals surface area contributed by atoms with Gasteiger partial charge in [-0.3, -0.25) is 9.20 Å². The van der Waals surface area contributed by atoms with Gasteiger partial charge in [0.1, 0.15) is 11.5 Å². The lowest BCUT2D eigenvalue weighted by molar-refractivity contribution is 0.0502. The van der Waals surface area contributed by atoms with Crippen molar-refractivity contribution >= 4 is 11.9 Å². The monoisotopic (exact) mass is 326 g/mol. The van der Waals surface area contributed by atoms with Gasteiger partial charge in [-0.25, -0.2) is 9.37 Å². The van der Waals surface area contributed by atoms with Gasteiger partial charge in [-0.05, 0) is 42.3 Å². The van der Waals surface area contributed by atoms with E-state index in [4.69, 9.17) is 4.74 Å². The molecule has 0 fully saturated rings. The molecule has 0 radical (unpaired) electrons. The van der Waals surface area contributed by atoms with Crippen LogP contribution in [-0.2, 0) is 6.42 Å². The van der Waals surface area contributed by atoms with Crippen LogP contribution in [0.25, 0.3) is 5.65 Å². The zero-order chi connectivity index (χ0) is 16.8. The van der Waals surface area contributed by atoms with Crippen molar-refractivity contribution in [3.63, 3.8) is 0 Å². The van der Waals surface area contributed by atoms with Gasteiger partial charge in [-0.15, -0.1) is 0 Å². The van der Waals surface area contributed by atoms with E-state index in [1.165, 1.54) is 12.1 Å². The summed E-state index contributed by atoms with van der Waals surface area (Å²) in [7, 11) is 0. The molecule has 0 amide bonds. The number of halogens is 1. The van der Waals surface area contributed by atoms with Crippen molar-refractivity contribution in [2.45, 2.75) is 25.6 Å². The molecular formula is C18H15FN2O3. The van der Waals surface area contributed by atoms with Crippen LogP contribution in [0, 0.1) is 12.7 Å². The summed E-state index contributed by atoms with van der Waals surface area (Å²) in [4.78, 5) is 15.6. The van der Waals surface area contributed by atoms with Gasteiger partial charge in [-0.1, -0.05) is 6.07 Å². The lowest BCUT2D eigenvalue weighted by atomic mass is 10.1. The number of carbonyl (C=O) groups excluding carboxylic acids is 1. The second-order valence-electron chi connectivity index (χ2n) is 5.92. The molecule has 1 aliphatic carbocycles. The average Bonchev–Trinajstić information content (AvgIpc) is 3.04. The highest BCUT2D eigenvalue weighted by atomic mass is 19.1. The number of nitrogens with zero attached hydrogens (tertiary/aromatic N) is 2. The number of aldehydes is 1. The van der Waals surface area contributed by atoms with Crippen LogP contribution < -0.4 is 4.74 Å². The minimum Gasteiger partial charge on any atom is -0.479 e. The first-order chi connectivity index (χ1) is 11.6. The zero-order valence-electron chi connectivity index (χ0n) is 12.9. The fourth-order valence-electron chi connectivity index (χ4n) is 3.26. The van der Waals surface area contributed by atoms with Crippen molar-refractivity contribution in [3.05, 3.63) is 64.9 Å². The summed E-state index contributed by atoms with van der Waals surface area (Å²) < 4.78 is 21.0. The van der Waals surface area contributed by atoms with Gasteiger partial charge >= 0.3 is 0 Å². The number of imidazole rings is 1. The molecule has 2 unspecified atom stereocenters. The number of aryl methyl sites for hydroxylation is 1. The van der Waals surface area contributed by atoms with Crippen molar-refractivity contribution in [1.29, 1.82) is 0 Å². The van der Waals surface area contributed by atoms with Crippen LogP contribution in [0.4, 0.5) is 4.39 Å². The van der Waals surface area contributed by atoms with Crippen LogP contribution in [0.15, 0.2) is 36.5 Å². The van der Waals surface area contributed by atoms with Crippen molar-refractivity contribution in [1.82, 2.24) is 9.38 Å². The third kappa shape index (κ3) is 2.18. The number of hydrogen-bond acceptors (Lipinski definition) is 4. The first kappa shape index (κ1) is 14.8. The van der Waals surface area contributed by atoms with Crippen LogP contribution in [0.1, 0.15) is 33.4 Å². The van der Waals surface area contributed by atoms with Gasteiger partial charge < -0.3 is 9.84 Å². The minimum absolute atomic E-state index is 0.330. The van der Waals surface area contributed by atoms with E-state index >= 15 is 0 Å². The molecule has 0 aliphatic heterocycles. The Balaban J connectivity index is 1.77. The molecule has 0 spiro atoms. The maximum absolute atomic E-state index is 13.4. The molecule has 1 N–H and O–H groups in total. The molecule has 5 nitrogen and oxygen atoms in total. The largest absolute Gasteiger partial charge is 0.479 e. The van der Waals surface area contributed by atoms with Crippen molar-refractivity contribution in [2.24, 2.45) is 0 Å². The van der Waals surface area contributed by atoms with Crippen molar-refractivity contribution in [3.8, 4) is 5.75 Å². The van der Waals surface area contributed by atoms with Gasteiger partial charge in [0.25, 0.3) is 0 Å². The number of hydrogen-bond donors (Lipinski definition) is 1. The summed E-state index contributed by atoms with van der Waals surface area (Å²) in [5.41, 5.74) is 3.09. The molecule has 2 aromatic heterocycles. The number of benzene rings is 1. The molecule has 0 saturated heterocycles. The van der Waals surface area contributed by atoms with Gasteiger partial charge in [0.05, 0.1) is 11.8 Å². The van der Waals surface area contributed by atoms with Gasteiger partial charge in [0.2, 0.25) is 0 Å². The molecule has 6 heteroatoms. The number of rotatable bonds is 3. The van der Waals surface area contributed by atoms with Crippen LogP contribution in [0.3, 0.4) is 0 Å². The predicted octanol–water partition coefficient (Wildman–Crippen LogP) is 2.63. The van der Waals surface area contributed by atoms with Gasteiger partial charge in [0.15, 0.2) is 23.8 Å². The molecule has 2 atom stereocenters. The standard InChI is InChI=1S/C18H15FN2O3/c1-10-14(9-22)21-6-2-3-16(18(21)20-10)24-17-13-5-4-12(19)7-11(13)8-15(17)23/h2-7,9,15,17,23H,8H2,1H3. The lowest BCUT2D eigenvalue weighted by Gasteiger charge is -2.18. The Kier molecular flexibility index (Phi) is 3.35. The SMILES string of the molecule is Cc1nc2c(OC3c4ccc(F)cc4CC3O)cccn2c1C=O. The van der Waals surface area contributed by atoms with E-state index in [9.17, 15) is 14.3 Å². The summed E-state index contributed by atoms with van der Waals surface area (Å²) in [6, 6.07) is 7.91. The van der Waals surface area contributed by atoms with Gasteiger partial charge in [-0.2, -0.15) is 0 Å². The van der Waals surface area contributed by atoms with Crippen molar-refractivity contribution in [2.75, 3.05) is 0 Å². The number of ether oxygens (including phenoxy) is 1. The lowest BCUT2D eigenvalue weighted by Crippen LogP contribution is -2.19. The average molecular weight is 326 g/mol. The summed E-state index contributed by atoms with van der Waals surface area (Å²) in [5.74, 6) is 0.137. The normalized spacial score (nSPS) is 19.5. The number of aliphatic hydroxyl groups is 1. The quantitative estimate of drug-likeness (QED) is 0.752. The van der Waals surface area contributed by atoms with Crippen LogP contribution in [0.5, 0.6) is 5.75 Å². The van der Waals surface area contributed by atoms with Crippen LogP contribution in [0.2, 0.25) is 0 Å². The molecule has 1 aliphatic rings. The second-order valence-corrected chi connectivity index (χ2v) is 5.92. The molecule has 0 saturated carbocycles. The number of aromatic nitrogens is 2. The molecule has 3 aromatic rings. The number of pyridine rings is 1. The maximum atomic E-state index is 13.4. The molecule has 4 rings (SSSR count). The summed E-state index contributed by atoms with van der Waals surface area (Å²) in [5, 5.41) is 10.3. The minimum atomic E-state index is -0.761. The second kappa shape index (κ2) is 5.42. The molecule has 1 aromatic carbocycles. The Hall–Kier alpha value is -2.73. The Morgan fingerprint density at radius 3 is 3.04 bits per heavy atom. The summed E-state index contributed by atoms with van der Waals surface area (Å²) in [6.07, 6.45) is 1.47. The fourth-order valence-corrected chi connectivity index (χ4v) is 3.26. The first-order valence-electron chi connectivity index (χ1n) is 7.64. The van der Waals surface area contributed by atoms with E-state index in [1.54, 1.807) is 35.7 Å². The summed E-state index contributed by atoms with van der Waals surface area (Å²) in [6.45, 7) is 1.75. The molecule has 122 valence electrons. The first-order valence-corrected chi connectivity index (χ1v) is 7.64. The van der Waals surface area contributed by atoms with E-state index in [1.807, 2.05) is 0 Å². The topological polar surface area (TPSA) is 63.8 Å². The third-order valence-corrected chi connectivity index (χ3v) is 4.39. The highest BCUT2D eigenvalue weighted by molar-refractivity contribution is 5.77. The number of fused-ring (bicyclic) bond motifs is 2. The third-order valence-electron chi connectivity index (χ3n) is 4.39. The Morgan fingerprint density at radius 2 is 2.25 bits per heavy atom. The molecule has 24 heavy (non-hydrogen) atoms. The summed E-state index contributed by atoms with van der Waals surface area (Å²) >= 11 is 0. The van der Waals surface area contributed by atoms with Crippen LogP contribution in [-0.4, -0.2) is 26.9 Å². The predicted molar refractivity (Wildman–Crippen MR) is 84.8 cm³/mol. The number of carbonyl (C=O) groups is 1. The molecule has 0 bridgehead atoms. The Bertz CT molecular complexity index is 951. The molecule has 2 heterocycles. The highest BCUT2D eigenvalue weighted by Crippen LogP contribution is 2.36.